The third-order valence-corrected chi connectivity index (χ3v) is 4.73. The van der Waals surface area contributed by atoms with Crippen molar-refractivity contribution in [2.24, 2.45) is 11.3 Å². The summed E-state index contributed by atoms with van der Waals surface area (Å²) in [5, 5.41) is 3.56. The van der Waals surface area contributed by atoms with E-state index in [0.717, 1.165) is 18.8 Å². The molecule has 1 aromatic rings. The summed E-state index contributed by atoms with van der Waals surface area (Å²) in [6.07, 6.45) is 1.50. The van der Waals surface area contributed by atoms with E-state index in [1.54, 1.807) is 13.0 Å². The third-order valence-electron chi connectivity index (χ3n) is 4.73. The van der Waals surface area contributed by atoms with Gasteiger partial charge in [-0.15, -0.1) is 0 Å². The highest BCUT2D eigenvalue weighted by Gasteiger charge is 2.58. The Hall–Kier alpha value is -1.33. The largest absolute Gasteiger partial charge is 0.460 e. The van der Waals surface area contributed by atoms with Gasteiger partial charge in [-0.2, -0.15) is 0 Å². The molecule has 116 valence electrons. The molecule has 1 saturated heterocycles. The van der Waals surface area contributed by atoms with Crippen molar-refractivity contribution in [3.8, 4) is 0 Å². The predicted octanol–water partition coefficient (Wildman–Crippen LogP) is 2.36. The minimum atomic E-state index is -0.406. The molecule has 5 heteroatoms. The Morgan fingerprint density at radius 2 is 2.29 bits per heavy atom. The summed E-state index contributed by atoms with van der Waals surface area (Å²) in [5.74, 6) is 1.22. The van der Waals surface area contributed by atoms with Gasteiger partial charge in [0.25, 0.3) is 0 Å². The van der Waals surface area contributed by atoms with Gasteiger partial charge >= 0.3 is 5.97 Å². The molecular formula is C16H23NO4. The summed E-state index contributed by atoms with van der Waals surface area (Å²) in [6.45, 7) is 8.10. The molecule has 0 amide bonds. The van der Waals surface area contributed by atoms with E-state index in [-0.39, 0.29) is 11.2 Å². The number of carbonyl (C=O) groups excluding carboxylic acids is 1. The molecule has 0 aromatic carbocycles. The number of esters is 1. The average Bonchev–Trinajstić information content (AvgIpc) is 3.06. The Bertz CT molecular complexity index is 522. The van der Waals surface area contributed by atoms with E-state index in [1.807, 2.05) is 6.07 Å². The lowest BCUT2D eigenvalue weighted by Gasteiger charge is -2.54. The number of furan rings is 1. The van der Waals surface area contributed by atoms with Crippen molar-refractivity contribution in [3.63, 3.8) is 0 Å². The van der Waals surface area contributed by atoms with E-state index in [9.17, 15) is 4.79 Å². The summed E-state index contributed by atoms with van der Waals surface area (Å²) in [4.78, 5) is 11.6. The molecule has 0 radical (unpaired) electrons. The minimum Gasteiger partial charge on any atom is -0.460 e. The van der Waals surface area contributed by atoms with Crippen molar-refractivity contribution in [1.82, 2.24) is 5.32 Å². The second kappa shape index (κ2) is 5.46. The molecular weight excluding hydrogens is 270 g/mol. The third kappa shape index (κ3) is 2.49. The normalized spacial score (nSPS) is 29.8. The Labute approximate surface area is 125 Å². The van der Waals surface area contributed by atoms with Gasteiger partial charge in [-0.05, 0) is 25.5 Å². The first kappa shape index (κ1) is 14.6. The second-order valence-corrected chi connectivity index (χ2v) is 6.41. The van der Waals surface area contributed by atoms with Crippen molar-refractivity contribution in [3.05, 3.63) is 23.7 Å². The summed E-state index contributed by atoms with van der Waals surface area (Å²) in [7, 11) is 0. The number of rotatable bonds is 5. The first-order chi connectivity index (χ1) is 10.0. The zero-order valence-corrected chi connectivity index (χ0v) is 12.8. The Morgan fingerprint density at radius 1 is 1.48 bits per heavy atom. The molecule has 1 aliphatic carbocycles. The van der Waals surface area contributed by atoms with Crippen LogP contribution in [0.15, 0.2) is 16.5 Å². The van der Waals surface area contributed by atoms with Crippen LogP contribution in [0.25, 0.3) is 0 Å². The van der Waals surface area contributed by atoms with Crippen LogP contribution in [0.1, 0.15) is 43.5 Å². The first-order valence-electron chi connectivity index (χ1n) is 7.65. The molecule has 21 heavy (non-hydrogen) atoms. The molecule has 2 fully saturated rings. The van der Waals surface area contributed by atoms with Gasteiger partial charge in [-0.25, -0.2) is 4.79 Å². The molecule has 2 aliphatic rings. The fraction of sp³-hybridized carbons (Fsp3) is 0.688. The first-order valence-corrected chi connectivity index (χ1v) is 7.65. The van der Waals surface area contributed by atoms with E-state index < -0.39 is 5.97 Å². The van der Waals surface area contributed by atoms with Crippen LogP contribution >= 0.6 is 0 Å². The van der Waals surface area contributed by atoms with Gasteiger partial charge in [0, 0.05) is 24.0 Å². The highest BCUT2D eigenvalue weighted by atomic mass is 16.5. The lowest BCUT2D eigenvalue weighted by molar-refractivity contribution is -0.113. The molecule has 0 bridgehead atoms. The SMILES string of the molecule is CCOC(=O)c1ccc(CN[C@@H]2[C@H]3CCO[C@@H]3C2(C)C)o1. The van der Waals surface area contributed by atoms with Gasteiger partial charge in [0.05, 0.1) is 19.3 Å². The molecule has 0 unspecified atom stereocenters. The molecule has 1 aromatic heterocycles. The minimum absolute atomic E-state index is 0.151. The molecule has 1 aliphatic heterocycles. The van der Waals surface area contributed by atoms with Gasteiger partial charge in [0.15, 0.2) is 0 Å². The summed E-state index contributed by atoms with van der Waals surface area (Å²) in [6, 6.07) is 3.93. The highest BCUT2D eigenvalue weighted by Crippen LogP contribution is 2.52. The maximum atomic E-state index is 11.6. The zero-order chi connectivity index (χ0) is 15.0. The molecule has 1 N–H and O–H groups in total. The predicted molar refractivity (Wildman–Crippen MR) is 76.9 cm³/mol. The Morgan fingerprint density at radius 3 is 3.05 bits per heavy atom. The van der Waals surface area contributed by atoms with Crippen LogP contribution in [0, 0.1) is 11.3 Å². The fourth-order valence-corrected chi connectivity index (χ4v) is 3.73. The maximum Gasteiger partial charge on any atom is 0.374 e. The van der Waals surface area contributed by atoms with E-state index in [0.29, 0.717) is 31.2 Å². The van der Waals surface area contributed by atoms with E-state index in [2.05, 4.69) is 19.2 Å². The smallest absolute Gasteiger partial charge is 0.374 e. The lowest BCUT2D eigenvalue weighted by atomic mass is 9.57. The monoisotopic (exact) mass is 293 g/mol. The van der Waals surface area contributed by atoms with Gasteiger partial charge in [-0.3, -0.25) is 0 Å². The van der Waals surface area contributed by atoms with Gasteiger partial charge in [0.2, 0.25) is 5.76 Å². The molecule has 3 atom stereocenters. The van der Waals surface area contributed by atoms with Crippen LogP contribution < -0.4 is 5.32 Å². The van der Waals surface area contributed by atoms with Gasteiger partial charge < -0.3 is 19.2 Å². The maximum absolute atomic E-state index is 11.6. The number of fused-ring (bicyclic) bond motifs is 1. The molecule has 0 spiro atoms. The summed E-state index contributed by atoms with van der Waals surface area (Å²) >= 11 is 0. The average molecular weight is 293 g/mol. The standard InChI is InChI=1S/C16H23NO4/c1-4-19-15(18)12-6-5-10(21-12)9-17-13-11-7-8-20-14(11)16(13,2)3/h5-6,11,13-14,17H,4,7-9H2,1-3H3/t11-,13-,14+/m1/s1. The van der Waals surface area contributed by atoms with Crippen molar-refractivity contribution in [2.75, 3.05) is 13.2 Å². The van der Waals surface area contributed by atoms with Crippen molar-refractivity contribution >= 4 is 5.97 Å². The molecule has 3 rings (SSSR count). The summed E-state index contributed by atoms with van der Waals surface area (Å²) in [5.41, 5.74) is 0.151. The highest BCUT2D eigenvalue weighted by molar-refractivity contribution is 5.86. The number of hydrogen-bond acceptors (Lipinski definition) is 5. The van der Waals surface area contributed by atoms with E-state index >= 15 is 0 Å². The number of hydrogen-bond donors (Lipinski definition) is 1. The number of nitrogens with one attached hydrogen (secondary N) is 1. The second-order valence-electron chi connectivity index (χ2n) is 6.41. The van der Waals surface area contributed by atoms with E-state index in [1.165, 1.54) is 0 Å². The molecule has 2 heterocycles. The van der Waals surface area contributed by atoms with Crippen LogP contribution in [0.4, 0.5) is 0 Å². The van der Waals surface area contributed by atoms with Crippen LogP contribution in [0.5, 0.6) is 0 Å². The van der Waals surface area contributed by atoms with Gasteiger partial charge in [-0.1, -0.05) is 13.8 Å². The molecule has 1 saturated carbocycles. The van der Waals surface area contributed by atoms with Gasteiger partial charge in [0.1, 0.15) is 5.76 Å². The molecule has 5 nitrogen and oxygen atoms in total. The Kier molecular flexibility index (Phi) is 3.80. The van der Waals surface area contributed by atoms with E-state index in [4.69, 9.17) is 13.9 Å². The zero-order valence-electron chi connectivity index (χ0n) is 12.8. The van der Waals surface area contributed by atoms with Crippen molar-refractivity contribution in [2.45, 2.75) is 45.9 Å². The Balaban J connectivity index is 1.57. The number of ether oxygens (including phenoxy) is 2. The van der Waals surface area contributed by atoms with Crippen molar-refractivity contribution in [1.29, 1.82) is 0 Å². The van der Waals surface area contributed by atoms with Crippen LogP contribution in [0.3, 0.4) is 0 Å². The lowest BCUT2D eigenvalue weighted by Crippen LogP contribution is -2.65. The summed E-state index contributed by atoms with van der Waals surface area (Å²) < 4.78 is 16.2. The number of carbonyl (C=O) groups is 1. The topological polar surface area (TPSA) is 60.7 Å². The van der Waals surface area contributed by atoms with Crippen LogP contribution in [-0.4, -0.2) is 31.3 Å². The van der Waals surface area contributed by atoms with Crippen LogP contribution in [0.2, 0.25) is 0 Å². The quantitative estimate of drug-likeness (QED) is 0.844. The van der Waals surface area contributed by atoms with Crippen LogP contribution in [-0.2, 0) is 16.0 Å². The fourth-order valence-electron chi connectivity index (χ4n) is 3.73. The van der Waals surface area contributed by atoms with Crippen molar-refractivity contribution < 1.29 is 18.7 Å².